The van der Waals surface area contributed by atoms with Crippen LogP contribution in [-0.4, -0.2) is 50.3 Å². The minimum atomic E-state index is -3.31. The van der Waals surface area contributed by atoms with Crippen LogP contribution in [0, 0.1) is 5.92 Å². The Balaban J connectivity index is 1.95. The van der Waals surface area contributed by atoms with Crippen molar-refractivity contribution in [2.24, 2.45) is 5.92 Å². The number of hydrogen-bond donors (Lipinski definition) is 0. The molecule has 0 spiro atoms. The Morgan fingerprint density at radius 2 is 1.76 bits per heavy atom. The summed E-state index contributed by atoms with van der Waals surface area (Å²) in [6.07, 6.45) is 1.90. The van der Waals surface area contributed by atoms with Crippen molar-refractivity contribution in [2.45, 2.75) is 37.6 Å². The van der Waals surface area contributed by atoms with E-state index in [0.29, 0.717) is 29.9 Å². The number of sulfonamides is 1. The molecule has 1 fully saturated rings. The third kappa shape index (κ3) is 4.05. The molecule has 118 valence electrons. The lowest BCUT2D eigenvalue weighted by atomic mass is 9.97. The normalized spacial score (nSPS) is 18.5. The first-order valence-corrected chi connectivity index (χ1v) is 9.10. The molecule has 2 rings (SSSR count). The van der Waals surface area contributed by atoms with E-state index in [1.807, 2.05) is 6.07 Å². The Morgan fingerprint density at radius 3 is 2.29 bits per heavy atom. The summed E-state index contributed by atoms with van der Waals surface area (Å²) < 4.78 is 26.7. The molecule has 1 aromatic rings. The fourth-order valence-electron chi connectivity index (χ4n) is 2.69. The zero-order chi connectivity index (χ0) is 15.5. The van der Waals surface area contributed by atoms with Crippen molar-refractivity contribution in [1.29, 1.82) is 0 Å². The molecule has 21 heavy (non-hydrogen) atoms. The summed E-state index contributed by atoms with van der Waals surface area (Å²) in [6, 6.07) is 9.28. The molecule has 0 N–H and O–H groups in total. The molecule has 0 aromatic heterocycles. The lowest BCUT2D eigenvalue weighted by Gasteiger charge is -2.34. The highest BCUT2D eigenvalue weighted by Gasteiger charge is 2.29. The van der Waals surface area contributed by atoms with Crippen LogP contribution in [0.25, 0.3) is 0 Å². The van der Waals surface area contributed by atoms with E-state index in [9.17, 15) is 8.42 Å². The molecule has 0 atom stereocenters. The molecule has 0 unspecified atom stereocenters. The van der Waals surface area contributed by atoms with E-state index in [0.717, 1.165) is 19.4 Å². The van der Waals surface area contributed by atoms with Crippen molar-refractivity contribution in [3.63, 3.8) is 0 Å². The van der Waals surface area contributed by atoms with Gasteiger partial charge in [-0.05, 0) is 51.8 Å². The maximum Gasteiger partial charge on any atom is 0.243 e. The van der Waals surface area contributed by atoms with Crippen molar-refractivity contribution >= 4 is 10.0 Å². The van der Waals surface area contributed by atoms with E-state index in [4.69, 9.17) is 0 Å². The van der Waals surface area contributed by atoms with Crippen LogP contribution in [0.5, 0.6) is 0 Å². The minimum absolute atomic E-state index is 0.405. The SMILES string of the molecule is CC(C)N(C)CC1CCN(S(=O)(=O)c2ccccc2)CC1. The molecule has 0 aliphatic carbocycles. The zero-order valence-electron chi connectivity index (χ0n) is 13.2. The second-order valence-corrected chi connectivity index (χ2v) is 8.13. The van der Waals surface area contributed by atoms with Gasteiger partial charge in [-0.15, -0.1) is 0 Å². The third-order valence-electron chi connectivity index (χ3n) is 4.38. The van der Waals surface area contributed by atoms with Gasteiger partial charge >= 0.3 is 0 Å². The Hall–Kier alpha value is -0.910. The van der Waals surface area contributed by atoms with Gasteiger partial charge in [-0.2, -0.15) is 4.31 Å². The van der Waals surface area contributed by atoms with E-state index in [2.05, 4.69) is 25.8 Å². The molecular formula is C16H26N2O2S. The molecular weight excluding hydrogens is 284 g/mol. The average Bonchev–Trinajstić information content (AvgIpc) is 2.48. The van der Waals surface area contributed by atoms with Crippen LogP contribution in [0.4, 0.5) is 0 Å². The van der Waals surface area contributed by atoms with Crippen LogP contribution >= 0.6 is 0 Å². The lowest BCUT2D eigenvalue weighted by Crippen LogP contribution is -2.42. The van der Waals surface area contributed by atoms with Gasteiger partial charge in [-0.3, -0.25) is 0 Å². The number of nitrogens with zero attached hydrogens (tertiary/aromatic N) is 2. The quantitative estimate of drug-likeness (QED) is 0.838. The van der Waals surface area contributed by atoms with Gasteiger partial charge in [0.25, 0.3) is 0 Å². The summed E-state index contributed by atoms with van der Waals surface area (Å²) in [5.41, 5.74) is 0. The predicted octanol–water partition coefficient (Wildman–Crippen LogP) is 2.43. The van der Waals surface area contributed by atoms with Gasteiger partial charge < -0.3 is 4.90 Å². The highest BCUT2D eigenvalue weighted by Crippen LogP contribution is 2.24. The van der Waals surface area contributed by atoms with Crippen LogP contribution in [0.2, 0.25) is 0 Å². The molecule has 1 saturated heterocycles. The highest BCUT2D eigenvalue weighted by molar-refractivity contribution is 7.89. The summed E-state index contributed by atoms with van der Waals surface area (Å²) in [4.78, 5) is 2.74. The summed E-state index contributed by atoms with van der Waals surface area (Å²) >= 11 is 0. The minimum Gasteiger partial charge on any atom is -0.304 e. The van der Waals surface area contributed by atoms with E-state index in [1.54, 1.807) is 28.6 Å². The van der Waals surface area contributed by atoms with Gasteiger partial charge in [-0.1, -0.05) is 18.2 Å². The third-order valence-corrected chi connectivity index (χ3v) is 6.30. The Labute approximate surface area is 128 Å². The molecule has 0 saturated carbocycles. The Morgan fingerprint density at radius 1 is 1.19 bits per heavy atom. The van der Waals surface area contributed by atoms with Gasteiger partial charge in [0.05, 0.1) is 4.90 Å². The summed E-state index contributed by atoms with van der Waals surface area (Å²) in [7, 11) is -1.17. The average molecular weight is 310 g/mol. The number of benzene rings is 1. The van der Waals surface area contributed by atoms with E-state index in [1.165, 1.54) is 0 Å². The van der Waals surface area contributed by atoms with Gasteiger partial charge in [0.2, 0.25) is 10.0 Å². The predicted molar refractivity (Wildman–Crippen MR) is 85.7 cm³/mol. The van der Waals surface area contributed by atoms with Gasteiger partial charge in [-0.25, -0.2) is 8.42 Å². The van der Waals surface area contributed by atoms with Crippen molar-refractivity contribution < 1.29 is 8.42 Å². The monoisotopic (exact) mass is 310 g/mol. The first-order valence-electron chi connectivity index (χ1n) is 7.66. The highest BCUT2D eigenvalue weighted by atomic mass is 32.2. The molecule has 5 heteroatoms. The number of rotatable bonds is 5. The number of piperidine rings is 1. The van der Waals surface area contributed by atoms with Crippen LogP contribution < -0.4 is 0 Å². The second-order valence-electron chi connectivity index (χ2n) is 6.19. The first kappa shape index (κ1) is 16.5. The molecule has 0 amide bonds. The largest absolute Gasteiger partial charge is 0.304 e. The van der Waals surface area contributed by atoms with Crippen molar-refractivity contribution in [1.82, 2.24) is 9.21 Å². The van der Waals surface area contributed by atoms with Crippen molar-refractivity contribution in [3.05, 3.63) is 30.3 Å². The van der Waals surface area contributed by atoms with Crippen LogP contribution in [0.3, 0.4) is 0 Å². The standard InChI is InChI=1S/C16H26N2O2S/c1-14(2)17(3)13-15-9-11-18(12-10-15)21(19,20)16-7-5-4-6-8-16/h4-8,14-15H,9-13H2,1-3H3. The first-order chi connectivity index (χ1) is 9.91. The molecule has 0 radical (unpaired) electrons. The molecule has 4 nitrogen and oxygen atoms in total. The molecule has 1 heterocycles. The summed E-state index contributed by atoms with van der Waals surface area (Å²) in [5.74, 6) is 0.597. The fourth-order valence-corrected chi connectivity index (χ4v) is 4.18. The smallest absolute Gasteiger partial charge is 0.243 e. The van der Waals surface area contributed by atoms with Gasteiger partial charge in [0, 0.05) is 25.7 Å². The lowest BCUT2D eigenvalue weighted by molar-refractivity contribution is 0.182. The van der Waals surface area contributed by atoms with Gasteiger partial charge in [0.15, 0.2) is 0 Å². The Bertz CT molecular complexity index is 535. The van der Waals surface area contributed by atoms with Crippen LogP contribution in [0.15, 0.2) is 35.2 Å². The van der Waals surface area contributed by atoms with Crippen molar-refractivity contribution in [2.75, 3.05) is 26.7 Å². The van der Waals surface area contributed by atoms with E-state index >= 15 is 0 Å². The molecule has 1 aliphatic rings. The summed E-state index contributed by atoms with van der Waals surface area (Å²) in [5, 5.41) is 0. The Kier molecular flexibility index (Phi) is 5.41. The van der Waals surface area contributed by atoms with Gasteiger partial charge in [0.1, 0.15) is 0 Å². The molecule has 1 aliphatic heterocycles. The van der Waals surface area contributed by atoms with Crippen LogP contribution in [-0.2, 0) is 10.0 Å². The fraction of sp³-hybridized carbons (Fsp3) is 0.625. The second kappa shape index (κ2) is 6.90. The topological polar surface area (TPSA) is 40.6 Å². The maximum atomic E-state index is 12.5. The van der Waals surface area contributed by atoms with Crippen LogP contribution in [0.1, 0.15) is 26.7 Å². The van der Waals surface area contributed by atoms with E-state index < -0.39 is 10.0 Å². The molecule has 0 bridgehead atoms. The zero-order valence-corrected chi connectivity index (χ0v) is 14.0. The number of hydrogen-bond acceptors (Lipinski definition) is 3. The summed E-state index contributed by atoms with van der Waals surface area (Å²) in [6.45, 7) is 6.70. The maximum absolute atomic E-state index is 12.5. The molecule has 1 aromatic carbocycles. The van der Waals surface area contributed by atoms with E-state index in [-0.39, 0.29) is 0 Å². The van der Waals surface area contributed by atoms with Crippen molar-refractivity contribution in [3.8, 4) is 0 Å².